The first-order valence-electron chi connectivity index (χ1n) is 5.30. The van der Waals surface area contributed by atoms with Gasteiger partial charge >= 0.3 is 0 Å². The van der Waals surface area contributed by atoms with Gasteiger partial charge in [-0.2, -0.15) is 0 Å². The number of nitrogens with two attached hydrogens (primary N) is 2. The molecule has 3 rings (SSSR count). The van der Waals surface area contributed by atoms with Gasteiger partial charge in [-0.15, -0.1) is 0 Å². The van der Waals surface area contributed by atoms with Gasteiger partial charge in [0.25, 0.3) is 0 Å². The summed E-state index contributed by atoms with van der Waals surface area (Å²) in [6, 6.07) is 11.1. The standard InChI is InChI=1S/C13H12N4/c14-7-1-2-9-8(3-4-11(9)15)10-6-13(16)17-12(10)5-7/h1-6,15,17H,14,16H2. The maximum Gasteiger partial charge on any atom is 0.101 e. The van der Waals surface area contributed by atoms with Crippen molar-refractivity contribution in [2.45, 2.75) is 0 Å². The Kier molecular flexibility index (Phi) is 1.86. The van der Waals surface area contributed by atoms with Crippen molar-refractivity contribution in [2.75, 3.05) is 11.5 Å². The van der Waals surface area contributed by atoms with Crippen molar-refractivity contribution in [3.8, 4) is 11.1 Å². The van der Waals surface area contributed by atoms with Crippen molar-refractivity contribution in [3.63, 3.8) is 0 Å². The molecule has 0 aliphatic heterocycles. The monoisotopic (exact) mass is 224 g/mol. The Bertz CT molecular complexity index is 742. The van der Waals surface area contributed by atoms with Crippen LogP contribution in [0, 0.1) is 5.41 Å². The summed E-state index contributed by atoms with van der Waals surface area (Å²) in [7, 11) is 0. The molecule has 0 spiro atoms. The number of hydrogen-bond donors (Lipinski definition) is 4. The first-order valence-corrected chi connectivity index (χ1v) is 5.30. The minimum absolute atomic E-state index is 0.497. The number of fused-ring (bicyclic) bond motifs is 3. The second kappa shape index (κ2) is 3.25. The third kappa shape index (κ3) is 1.42. The van der Waals surface area contributed by atoms with E-state index in [9.17, 15) is 0 Å². The predicted molar refractivity (Wildman–Crippen MR) is 69.6 cm³/mol. The lowest BCUT2D eigenvalue weighted by Crippen LogP contribution is -1.94. The zero-order valence-corrected chi connectivity index (χ0v) is 9.12. The van der Waals surface area contributed by atoms with Gasteiger partial charge < -0.3 is 21.9 Å². The van der Waals surface area contributed by atoms with Crippen LogP contribution >= 0.6 is 0 Å². The summed E-state index contributed by atoms with van der Waals surface area (Å²) in [6.07, 6.45) is 0. The molecule has 1 heterocycles. The lowest BCUT2D eigenvalue weighted by molar-refractivity contribution is 1.31. The largest absolute Gasteiger partial charge is 0.399 e. The first kappa shape index (κ1) is 9.72. The van der Waals surface area contributed by atoms with Gasteiger partial charge in [0.1, 0.15) is 5.82 Å². The zero-order chi connectivity index (χ0) is 12.0. The average Bonchev–Trinajstić information content (AvgIpc) is 2.77. The van der Waals surface area contributed by atoms with E-state index in [1.165, 1.54) is 0 Å². The van der Waals surface area contributed by atoms with E-state index >= 15 is 0 Å². The molecule has 0 radical (unpaired) electrons. The smallest absolute Gasteiger partial charge is 0.101 e. The number of H-pyrrole nitrogens is 1. The third-order valence-electron chi connectivity index (χ3n) is 2.91. The molecule has 2 aliphatic carbocycles. The van der Waals surface area contributed by atoms with Crippen LogP contribution in [-0.4, -0.2) is 4.98 Å². The second-order valence-corrected chi connectivity index (χ2v) is 4.10. The van der Waals surface area contributed by atoms with Crippen LogP contribution in [0.5, 0.6) is 0 Å². The van der Waals surface area contributed by atoms with Gasteiger partial charge in [-0.3, -0.25) is 0 Å². The van der Waals surface area contributed by atoms with Crippen LogP contribution in [0.4, 0.5) is 11.5 Å². The summed E-state index contributed by atoms with van der Waals surface area (Å²) in [6.45, 7) is 0. The quantitative estimate of drug-likeness (QED) is 0.469. The van der Waals surface area contributed by atoms with E-state index in [4.69, 9.17) is 16.9 Å². The highest BCUT2D eigenvalue weighted by Gasteiger charge is 2.09. The van der Waals surface area contributed by atoms with Gasteiger partial charge in [0.05, 0.1) is 5.36 Å². The van der Waals surface area contributed by atoms with Gasteiger partial charge in [0.15, 0.2) is 0 Å². The normalized spacial score (nSPS) is 11.1. The van der Waals surface area contributed by atoms with E-state index in [0.717, 1.165) is 22.0 Å². The van der Waals surface area contributed by atoms with E-state index in [-0.39, 0.29) is 0 Å². The number of hydrogen-bond acceptors (Lipinski definition) is 3. The van der Waals surface area contributed by atoms with Gasteiger partial charge in [0.2, 0.25) is 0 Å². The van der Waals surface area contributed by atoms with Crippen molar-refractivity contribution >= 4 is 22.4 Å². The molecular formula is C13H12N4. The number of aromatic amines is 1. The molecule has 1 aromatic rings. The summed E-state index contributed by atoms with van der Waals surface area (Å²) in [5, 5.41) is 9.34. The highest BCUT2D eigenvalue weighted by atomic mass is 14.8. The molecule has 84 valence electrons. The maximum atomic E-state index is 7.86. The van der Waals surface area contributed by atoms with Crippen molar-refractivity contribution in [3.05, 3.63) is 41.8 Å². The highest BCUT2D eigenvalue weighted by Crippen LogP contribution is 2.29. The molecule has 0 bridgehead atoms. The second-order valence-electron chi connectivity index (χ2n) is 4.10. The number of rotatable bonds is 0. The number of nitrogen functional groups attached to an aromatic ring is 2. The summed E-state index contributed by atoms with van der Waals surface area (Å²) in [5.41, 5.74) is 15.0. The lowest BCUT2D eigenvalue weighted by atomic mass is 10.1. The first-order chi connectivity index (χ1) is 8.15. The van der Waals surface area contributed by atoms with Crippen molar-refractivity contribution in [2.24, 2.45) is 0 Å². The minimum atomic E-state index is 0.497. The molecule has 0 saturated carbocycles. The minimum Gasteiger partial charge on any atom is -0.399 e. The van der Waals surface area contributed by atoms with Gasteiger partial charge in [0, 0.05) is 22.2 Å². The summed E-state index contributed by atoms with van der Waals surface area (Å²) < 4.78 is 0. The molecule has 0 fully saturated rings. The van der Waals surface area contributed by atoms with E-state index in [0.29, 0.717) is 16.9 Å². The molecule has 6 N–H and O–H groups in total. The van der Waals surface area contributed by atoms with Gasteiger partial charge in [-0.05, 0) is 29.8 Å². The van der Waals surface area contributed by atoms with Crippen LogP contribution in [0.1, 0.15) is 0 Å². The SMILES string of the molecule is N=c1ccc2c3cc(N)[nH]c3cc(N)ccc1-2. The fourth-order valence-electron chi connectivity index (χ4n) is 2.13. The Morgan fingerprint density at radius 2 is 1.71 bits per heavy atom. The Labute approximate surface area is 97.7 Å². The number of nitrogens with one attached hydrogen (secondary N) is 2. The van der Waals surface area contributed by atoms with Crippen LogP contribution in [0.3, 0.4) is 0 Å². The fourth-order valence-corrected chi connectivity index (χ4v) is 2.13. The van der Waals surface area contributed by atoms with E-state index < -0.39 is 0 Å². The molecule has 2 aliphatic rings. The molecule has 0 unspecified atom stereocenters. The molecule has 17 heavy (non-hydrogen) atoms. The van der Waals surface area contributed by atoms with Gasteiger partial charge in [-0.25, -0.2) is 0 Å². The molecule has 0 amide bonds. The van der Waals surface area contributed by atoms with Crippen LogP contribution in [0.2, 0.25) is 0 Å². The van der Waals surface area contributed by atoms with Crippen LogP contribution in [0.15, 0.2) is 36.4 Å². The topological polar surface area (TPSA) is 91.7 Å². The Balaban J connectivity index is 2.58. The molecular weight excluding hydrogens is 212 g/mol. The van der Waals surface area contributed by atoms with Crippen LogP contribution in [-0.2, 0) is 0 Å². The third-order valence-corrected chi connectivity index (χ3v) is 2.91. The summed E-state index contributed by atoms with van der Waals surface area (Å²) in [5.74, 6) is 0.597. The van der Waals surface area contributed by atoms with E-state index in [2.05, 4.69) is 4.98 Å². The fraction of sp³-hybridized carbons (Fsp3) is 0. The van der Waals surface area contributed by atoms with E-state index in [1.807, 2.05) is 24.3 Å². The van der Waals surface area contributed by atoms with Gasteiger partial charge in [-0.1, -0.05) is 12.1 Å². The Morgan fingerprint density at radius 1 is 0.941 bits per heavy atom. The Hall–Kier alpha value is -2.49. The molecule has 1 aromatic heterocycles. The summed E-state index contributed by atoms with van der Waals surface area (Å²) in [4.78, 5) is 3.07. The average molecular weight is 224 g/mol. The zero-order valence-electron chi connectivity index (χ0n) is 9.12. The molecule has 4 nitrogen and oxygen atoms in total. The maximum absolute atomic E-state index is 7.86. The summed E-state index contributed by atoms with van der Waals surface area (Å²) >= 11 is 0. The molecule has 0 saturated heterocycles. The van der Waals surface area contributed by atoms with Crippen molar-refractivity contribution < 1.29 is 0 Å². The molecule has 0 atom stereocenters. The lowest BCUT2D eigenvalue weighted by Gasteiger charge is -1.98. The van der Waals surface area contributed by atoms with Crippen LogP contribution in [0.25, 0.3) is 22.0 Å². The highest BCUT2D eigenvalue weighted by molar-refractivity contribution is 5.97. The molecule has 0 aromatic carbocycles. The number of aromatic nitrogens is 1. The van der Waals surface area contributed by atoms with Crippen molar-refractivity contribution in [1.29, 1.82) is 5.41 Å². The van der Waals surface area contributed by atoms with E-state index in [1.54, 1.807) is 12.1 Å². The van der Waals surface area contributed by atoms with Crippen LogP contribution < -0.4 is 16.8 Å². The Morgan fingerprint density at radius 3 is 2.53 bits per heavy atom. The van der Waals surface area contributed by atoms with Crippen molar-refractivity contribution in [1.82, 2.24) is 4.98 Å². The molecule has 4 heteroatoms. The predicted octanol–water partition coefficient (Wildman–Crippen LogP) is 1.92. The number of anilines is 2.